The summed E-state index contributed by atoms with van der Waals surface area (Å²) in [6.07, 6.45) is 10.8. The summed E-state index contributed by atoms with van der Waals surface area (Å²) < 4.78 is 0. The highest BCUT2D eigenvalue weighted by Crippen LogP contribution is 2.24. The standard InChI is InChI=1S/C17H34N2O2/c1-2-6-15(11-12-18)9-10-17(21)19(13-14-20)16-7-4-3-5-8-16/h15-16,20H,2-14,18H2,1H3. The summed E-state index contributed by atoms with van der Waals surface area (Å²) in [6, 6.07) is 0.359. The average molecular weight is 298 g/mol. The monoisotopic (exact) mass is 298 g/mol. The van der Waals surface area contributed by atoms with E-state index < -0.39 is 0 Å². The number of hydrogen-bond donors (Lipinski definition) is 2. The number of aliphatic hydroxyl groups is 1. The van der Waals surface area contributed by atoms with Crippen LogP contribution in [-0.2, 0) is 4.79 Å². The number of hydrogen-bond acceptors (Lipinski definition) is 3. The van der Waals surface area contributed by atoms with Crippen LogP contribution < -0.4 is 5.73 Å². The van der Waals surface area contributed by atoms with Gasteiger partial charge in [-0.15, -0.1) is 0 Å². The molecule has 0 saturated heterocycles. The van der Waals surface area contributed by atoms with E-state index in [9.17, 15) is 9.90 Å². The molecule has 1 aliphatic rings. The van der Waals surface area contributed by atoms with Gasteiger partial charge in [-0.05, 0) is 38.1 Å². The molecule has 4 heteroatoms. The van der Waals surface area contributed by atoms with Crippen LogP contribution in [0.1, 0.15) is 71.1 Å². The maximum atomic E-state index is 12.5. The van der Waals surface area contributed by atoms with E-state index in [1.54, 1.807) is 0 Å². The second kappa shape index (κ2) is 11.0. The topological polar surface area (TPSA) is 66.6 Å². The SMILES string of the molecule is CCCC(CCN)CCC(=O)N(CCO)C1CCCCC1. The van der Waals surface area contributed by atoms with E-state index in [2.05, 4.69) is 6.92 Å². The lowest BCUT2D eigenvalue weighted by atomic mass is 9.92. The van der Waals surface area contributed by atoms with Gasteiger partial charge in [-0.2, -0.15) is 0 Å². The second-order valence-electron chi connectivity index (χ2n) is 6.37. The highest BCUT2D eigenvalue weighted by atomic mass is 16.3. The van der Waals surface area contributed by atoms with Gasteiger partial charge in [-0.25, -0.2) is 0 Å². The van der Waals surface area contributed by atoms with Crippen molar-refractivity contribution in [3.63, 3.8) is 0 Å². The van der Waals surface area contributed by atoms with Crippen molar-refractivity contribution in [1.82, 2.24) is 4.90 Å². The van der Waals surface area contributed by atoms with Crippen LogP contribution in [0.5, 0.6) is 0 Å². The Bertz CT molecular complexity index is 272. The fraction of sp³-hybridized carbons (Fsp3) is 0.941. The molecule has 0 aromatic carbocycles. The van der Waals surface area contributed by atoms with E-state index in [-0.39, 0.29) is 12.5 Å². The molecule has 1 aliphatic carbocycles. The minimum atomic E-state index is 0.0728. The minimum absolute atomic E-state index is 0.0728. The van der Waals surface area contributed by atoms with Crippen molar-refractivity contribution in [2.45, 2.75) is 77.2 Å². The van der Waals surface area contributed by atoms with Gasteiger partial charge < -0.3 is 15.7 Å². The molecule has 0 heterocycles. The third kappa shape index (κ3) is 6.79. The molecule has 1 amide bonds. The fourth-order valence-corrected chi connectivity index (χ4v) is 3.56. The molecule has 4 nitrogen and oxygen atoms in total. The van der Waals surface area contributed by atoms with Gasteiger partial charge in [0.05, 0.1) is 6.61 Å². The number of aliphatic hydroxyl groups excluding tert-OH is 1. The van der Waals surface area contributed by atoms with Gasteiger partial charge in [0.15, 0.2) is 0 Å². The Kier molecular flexibility index (Phi) is 9.68. The summed E-state index contributed by atoms with van der Waals surface area (Å²) in [7, 11) is 0. The molecule has 0 spiro atoms. The summed E-state index contributed by atoms with van der Waals surface area (Å²) in [5, 5.41) is 9.25. The third-order valence-corrected chi connectivity index (χ3v) is 4.72. The molecule has 124 valence electrons. The molecule has 3 N–H and O–H groups in total. The lowest BCUT2D eigenvalue weighted by Crippen LogP contribution is -2.43. The first-order valence-corrected chi connectivity index (χ1v) is 8.83. The Balaban J connectivity index is 2.47. The van der Waals surface area contributed by atoms with E-state index in [4.69, 9.17) is 5.73 Å². The lowest BCUT2D eigenvalue weighted by Gasteiger charge is -2.34. The predicted octanol–water partition coefficient (Wildman–Crippen LogP) is 2.69. The van der Waals surface area contributed by atoms with Crippen LogP contribution in [0.3, 0.4) is 0 Å². The van der Waals surface area contributed by atoms with Crippen LogP contribution >= 0.6 is 0 Å². The number of amides is 1. The van der Waals surface area contributed by atoms with Crippen molar-refractivity contribution in [3.8, 4) is 0 Å². The van der Waals surface area contributed by atoms with Crippen LogP contribution in [-0.4, -0.2) is 41.7 Å². The number of carbonyl (C=O) groups is 1. The van der Waals surface area contributed by atoms with Crippen molar-refractivity contribution >= 4 is 5.91 Å². The van der Waals surface area contributed by atoms with Crippen molar-refractivity contribution < 1.29 is 9.90 Å². The van der Waals surface area contributed by atoms with E-state index in [1.165, 1.54) is 19.3 Å². The zero-order chi connectivity index (χ0) is 15.5. The average Bonchev–Trinajstić information content (AvgIpc) is 2.51. The van der Waals surface area contributed by atoms with Crippen LogP contribution in [0.15, 0.2) is 0 Å². The summed E-state index contributed by atoms with van der Waals surface area (Å²) in [4.78, 5) is 14.5. The lowest BCUT2D eigenvalue weighted by molar-refractivity contribution is -0.135. The Morgan fingerprint density at radius 3 is 2.52 bits per heavy atom. The third-order valence-electron chi connectivity index (χ3n) is 4.72. The van der Waals surface area contributed by atoms with Crippen LogP contribution in [0, 0.1) is 5.92 Å². The zero-order valence-electron chi connectivity index (χ0n) is 13.7. The maximum Gasteiger partial charge on any atom is 0.222 e. The van der Waals surface area contributed by atoms with E-state index in [0.717, 1.165) is 38.5 Å². The Labute approximate surface area is 130 Å². The summed E-state index contributed by atoms with van der Waals surface area (Å²) in [6.45, 7) is 3.47. The highest BCUT2D eigenvalue weighted by Gasteiger charge is 2.25. The van der Waals surface area contributed by atoms with Crippen molar-refractivity contribution in [2.75, 3.05) is 19.7 Å². The largest absolute Gasteiger partial charge is 0.395 e. The quantitative estimate of drug-likeness (QED) is 0.651. The molecule has 0 radical (unpaired) electrons. The molecule has 1 rings (SSSR count). The molecule has 0 aliphatic heterocycles. The first kappa shape index (κ1) is 18.4. The molecular formula is C17H34N2O2. The van der Waals surface area contributed by atoms with E-state index in [1.807, 2.05) is 4.90 Å². The Morgan fingerprint density at radius 1 is 1.24 bits per heavy atom. The zero-order valence-corrected chi connectivity index (χ0v) is 13.7. The number of nitrogens with zero attached hydrogens (tertiary/aromatic N) is 1. The number of carbonyl (C=O) groups excluding carboxylic acids is 1. The van der Waals surface area contributed by atoms with E-state index >= 15 is 0 Å². The predicted molar refractivity (Wildman–Crippen MR) is 87.0 cm³/mol. The second-order valence-corrected chi connectivity index (χ2v) is 6.37. The molecule has 1 unspecified atom stereocenters. The first-order valence-electron chi connectivity index (χ1n) is 8.83. The molecule has 1 saturated carbocycles. The van der Waals surface area contributed by atoms with Crippen molar-refractivity contribution in [2.24, 2.45) is 11.7 Å². The molecule has 0 aromatic heterocycles. The highest BCUT2D eigenvalue weighted by molar-refractivity contribution is 5.76. The van der Waals surface area contributed by atoms with Gasteiger partial charge in [0.25, 0.3) is 0 Å². The molecule has 1 atom stereocenters. The van der Waals surface area contributed by atoms with Crippen LogP contribution in [0.25, 0.3) is 0 Å². The summed E-state index contributed by atoms with van der Waals surface area (Å²) in [5.41, 5.74) is 5.66. The van der Waals surface area contributed by atoms with E-state index in [0.29, 0.717) is 31.5 Å². The Hall–Kier alpha value is -0.610. The minimum Gasteiger partial charge on any atom is -0.395 e. The normalized spacial score (nSPS) is 17.7. The maximum absolute atomic E-state index is 12.5. The van der Waals surface area contributed by atoms with Gasteiger partial charge in [0.1, 0.15) is 0 Å². The first-order chi connectivity index (χ1) is 10.2. The smallest absolute Gasteiger partial charge is 0.222 e. The molecule has 0 aromatic rings. The molecule has 1 fully saturated rings. The number of rotatable bonds is 10. The van der Waals surface area contributed by atoms with Crippen LogP contribution in [0.2, 0.25) is 0 Å². The van der Waals surface area contributed by atoms with Crippen molar-refractivity contribution in [3.05, 3.63) is 0 Å². The molecule has 0 bridgehead atoms. The number of nitrogens with two attached hydrogens (primary N) is 1. The van der Waals surface area contributed by atoms with Gasteiger partial charge >= 0.3 is 0 Å². The summed E-state index contributed by atoms with van der Waals surface area (Å²) in [5.74, 6) is 0.806. The van der Waals surface area contributed by atoms with Crippen LogP contribution in [0.4, 0.5) is 0 Å². The van der Waals surface area contributed by atoms with Gasteiger partial charge in [0.2, 0.25) is 5.91 Å². The van der Waals surface area contributed by atoms with Gasteiger partial charge in [-0.1, -0.05) is 39.0 Å². The molecular weight excluding hydrogens is 264 g/mol. The molecule has 21 heavy (non-hydrogen) atoms. The Morgan fingerprint density at radius 2 is 1.95 bits per heavy atom. The van der Waals surface area contributed by atoms with Gasteiger partial charge in [0, 0.05) is 19.0 Å². The van der Waals surface area contributed by atoms with Crippen molar-refractivity contribution in [1.29, 1.82) is 0 Å². The summed E-state index contributed by atoms with van der Waals surface area (Å²) >= 11 is 0. The van der Waals surface area contributed by atoms with Gasteiger partial charge in [-0.3, -0.25) is 4.79 Å². The fourth-order valence-electron chi connectivity index (χ4n) is 3.56.